The number of benzene rings is 2. The zero-order chi connectivity index (χ0) is 21.2. The van der Waals surface area contributed by atoms with Crippen LogP contribution in [0.3, 0.4) is 0 Å². The Bertz CT molecular complexity index is 983. The van der Waals surface area contributed by atoms with Crippen LogP contribution in [0.4, 0.5) is 10.1 Å². The highest BCUT2D eigenvalue weighted by atomic mass is 32.2. The molecule has 29 heavy (non-hydrogen) atoms. The predicted molar refractivity (Wildman–Crippen MR) is 112 cm³/mol. The second-order valence-electron chi connectivity index (χ2n) is 7.76. The molecule has 2 aromatic carbocycles. The fourth-order valence-corrected chi connectivity index (χ4v) is 5.16. The van der Waals surface area contributed by atoms with E-state index in [0.29, 0.717) is 18.8 Å². The first kappa shape index (κ1) is 21.5. The smallest absolute Gasteiger partial charge is 0.245 e. The molecular weight excluding hydrogens is 391 g/mol. The van der Waals surface area contributed by atoms with Crippen molar-refractivity contribution in [3.05, 3.63) is 59.9 Å². The molecule has 1 aliphatic heterocycles. The number of hydrogen-bond acceptors (Lipinski definition) is 3. The summed E-state index contributed by atoms with van der Waals surface area (Å²) >= 11 is 0. The Morgan fingerprint density at radius 1 is 1.10 bits per heavy atom. The minimum atomic E-state index is -3.90. The summed E-state index contributed by atoms with van der Waals surface area (Å²) in [4.78, 5) is 14.3. The maximum atomic E-state index is 14.0. The number of carbonyl (C=O) groups is 1. The second-order valence-corrected chi connectivity index (χ2v) is 9.66. The molecule has 0 radical (unpaired) electrons. The van der Waals surface area contributed by atoms with Crippen molar-refractivity contribution in [3.8, 4) is 0 Å². The highest BCUT2D eigenvalue weighted by molar-refractivity contribution is 7.89. The van der Waals surface area contributed by atoms with Gasteiger partial charge in [0.05, 0.1) is 0 Å². The Labute approximate surface area is 172 Å². The number of anilines is 1. The molecule has 0 unspecified atom stereocenters. The fourth-order valence-electron chi connectivity index (χ4n) is 3.63. The highest BCUT2D eigenvalue weighted by Crippen LogP contribution is 2.28. The van der Waals surface area contributed by atoms with Crippen LogP contribution in [-0.4, -0.2) is 38.8 Å². The first-order valence-corrected chi connectivity index (χ1v) is 11.3. The number of hydrogen-bond donors (Lipinski definition) is 0. The molecule has 0 bridgehead atoms. The topological polar surface area (TPSA) is 57.7 Å². The van der Waals surface area contributed by atoms with Crippen molar-refractivity contribution in [2.24, 2.45) is 5.92 Å². The Morgan fingerprint density at radius 3 is 2.38 bits per heavy atom. The van der Waals surface area contributed by atoms with Crippen LogP contribution < -0.4 is 4.90 Å². The van der Waals surface area contributed by atoms with Crippen LogP contribution in [0, 0.1) is 11.7 Å². The molecule has 1 fully saturated rings. The van der Waals surface area contributed by atoms with E-state index in [0.717, 1.165) is 17.3 Å². The van der Waals surface area contributed by atoms with Crippen LogP contribution in [0.1, 0.15) is 38.2 Å². The molecule has 1 heterocycles. The molecular formula is C22H27FN2O3S. The average Bonchev–Trinajstić information content (AvgIpc) is 2.73. The largest absolute Gasteiger partial charge is 0.315 e. The van der Waals surface area contributed by atoms with Crippen LogP contribution in [0.5, 0.6) is 0 Å². The minimum Gasteiger partial charge on any atom is -0.315 e. The lowest BCUT2D eigenvalue weighted by Gasteiger charge is -2.32. The molecule has 0 aliphatic carbocycles. The Morgan fingerprint density at radius 2 is 1.76 bits per heavy atom. The van der Waals surface area contributed by atoms with E-state index in [-0.39, 0.29) is 29.8 Å². The quantitative estimate of drug-likeness (QED) is 0.737. The molecule has 0 spiro atoms. The van der Waals surface area contributed by atoms with Crippen molar-refractivity contribution in [1.29, 1.82) is 0 Å². The maximum Gasteiger partial charge on any atom is 0.245 e. The van der Waals surface area contributed by atoms with Crippen molar-refractivity contribution in [2.45, 2.75) is 37.5 Å². The molecule has 1 saturated heterocycles. The van der Waals surface area contributed by atoms with Gasteiger partial charge in [0.1, 0.15) is 10.7 Å². The van der Waals surface area contributed by atoms with E-state index < -0.39 is 15.8 Å². The number of piperidine rings is 1. The molecule has 7 heteroatoms. The van der Waals surface area contributed by atoms with Crippen LogP contribution in [0.2, 0.25) is 0 Å². The SMILES string of the molecule is CC(C)c1cccc(N(C)C(=O)C2CCN(S(=O)(=O)c3ccccc3F)CC2)c1. The molecule has 1 amide bonds. The molecule has 2 aromatic rings. The lowest BCUT2D eigenvalue weighted by atomic mass is 9.96. The van der Waals surface area contributed by atoms with E-state index in [9.17, 15) is 17.6 Å². The van der Waals surface area contributed by atoms with Gasteiger partial charge in [-0.1, -0.05) is 38.1 Å². The van der Waals surface area contributed by atoms with Crippen molar-refractivity contribution < 1.29 is 17.6 Å². The molecule has 0 N–H and O–H groups in total. The van der Waals surface area contributed by atoms with Crippen LogP contribution in [-0.2, 0) is 14.8 Å². The summed E-state index contributed by atoms with van der Waals surface area (Å²) in [5.41, 5.74) is 2.00. The molecule has 0 aromatic heterocycles. The van der Waals surface area contributed by atoms with E-state index in [2.05, 4.69) is 13.8 Å². The van der Waals surface area contributed by atoms with Gasteiger partial charge in [0.15, 0.2) is 0 Å². The summed E-state index contributed by atoms with van der Waals surface area (Å²) in [6.45, 7) is 4.61. The summed E-state index contributed by atoms with van der Waals surface area (Å²) < 4.78 is 40.7. The van der Waals surface area contributed by atoms with Gasteiger partial charge >= 0.3 is 0 Å². The number of sulfonamides is 1. The van der Waals surface area contributed by atoms with E-state index in [4.69, 9.17) is 0 Å². The number of nitrogens with zero attached hydrogens (tertiary/aromatic N) is 2. The lowest BCUT2D eigenvalue weighted by molar-refractivity contribution is -0.123. The zero-order valence-corrected chi connectivity index (χ0v) is 17.8. The van der Waals surface area contributed by atoms with Crippen LogP contribution in [0.25, 0.3) is 0 Å². The van der Waals surface area contributed by atoms with E-state index >= 15 is 0 Å². The Balaban J connectivity index is 1.68. The number of carbonyl (C=O) groups excluding carboxylic acids is 1. The minimum absolute atomic E-state index is 0.0196. The molecule has 3 rings (SSSR count). The molecule has 1 aliphatic rings. The second kappa shape index (κ2) is 8.63. The van der Waals surface area contributed by atoms with Gasteiger partial charge in [-0.25, -0.2) is 12.8 Å². The van der Waals surface area contributed by atoms with Gasteiger partial charge in [0, 0.05) is 31.7 Å². The van der Waals surface area contributed by atoms with E-state index in [1.807, 2.05) is 24.3 Å². The van der Waals surface area contributed by atoms with Crippen molar-refractivity contribution in [1.82, 2.24) is 4.31 Å². The predicted octanol–water partition coefficient (Wildman–Crippen LogP) is 4.01. The Kier molecular flexibility index (Phi) is 6.39. The standard InChI is InChI=1S/C22H27FN2O3S/c1-16(2)18-7-6-8-19(15-18)24(3)22(26)17-11-13-25(14-12-17)29(27,28)21-10-5-4-9-20(21)23/h4-10,15-17H,11-14H2,1-3H3. The third kappa shape index (κ3) is 4.51. The van der Waals surface area contributed by atoms with Gasteiger partial charge in [-0.2, -0.15) is 4.31 Å². The molecule has 0 saturated carbocycles. The van der Waals surface area contributed by atoms with Crippen LogP contribution >= 0.6 is 0 Å². The summed E-state index contributed by atoms with van der Waals surface area (Å²) in [5.74, 6) is -0.663. The summed E-state index contributed by atoms with van der Waals surface area (Å²) in [6.07, 6.45) is 0.835. The summed E-state index contributed by atoms with van der Waals surface area (Å²) in [5, 5.41) is 0. The van der Waals surface area contributed by atoms with Crippen LogP contribution in [0.15, 0.2) is 53.4 Å². The third-order valence-corrected chi connectivity index (χ3v) is 7.44. The Hall–Kier alpha value is -2.25. The van der Waals surface area contributed by atoms with Crippen molar-refractivity contribution in [2.75, 3.05) is 25.0 Å². The van der Waals surface area contributed by atoms with Gasteiger partial charge in [0.25, 0.3) is 0 Å². The number of rotatable bonds is 5. The first-order valence-electron chi connectivity index (χ1n) is 9.84. The normalized spacial score (nSPS) is 16.2. The van der Waals surface area contributed by atoms with Gasteiger partial charge < -0.3 is 4.90 Å². The maximum absolute atomic E-state index is 14.0. The lowest BCUT2D eigenvalue weighted by Crippen LogP contribution is -2.43. The van der Waals surface area contributed by atoms with Crippen molar-refractivity contribution in [3.63, 3.8) is 0 Å². The van der Waals surface area contributed by atoms with E-state index in [1.165, 1.54) is 22.5 Å². The summed E-state index contributed by atoms with van der Waals surface area (Å²) in [7, 11) is -2.14. The van der Waals surface area contributed by atoms with Gasteiger partial charge in [-0.3, -0.25) is 4.79 Å². The molecule has 5 nitrogen and oxygen atoms in total. The summed E-state index contributed by atoms with van der Waals surface area (Å²) in [6, 6.07) is 13.3. The number of amides is 1. The average molecular weight is 419 g/mol. The van der Waals surface area contributed by atoms with Gasteiger partial charge in [-0.05, 0) is 48.6 Å². The number of halogens is 1. The van der Waals surface area contributed by atoms with Gasteiger partial charge in [-0.15, -0.1) is 0 Å². The van der Waals surface area contributed by atoms with Gasteiger partial charge in [0.2, 0.25) is 15.9 Å². The van der Waals surface area contributed by atoms with Crippen molar-refractivity contribution >= 4 is 21.6 Å². The first-order chi connectivity index (χ1) is 13.7. The molecule has 0 atom stereocenters. The van der Waals surface area contributed by atoms with E-state index in [1.54, 1.807) is 11.9 Å². The fraction of sp³-hybridized carbons (Fsp3) is 0.409. The molecule has 156 valence electrons. The zero-order valence-electron chi connectivity index (χ0n) is 17.0. The monoisotopic (exact) mass is 418 g/mol. The highest BCUT2D eigenvalue weighted by Gasteiger charge is 2.34. The third-order valence-electron chi connectivity index (χ3n) is 5.51.